The van der Waals surface area contributed by atoms with Crippen molar-refractivity contribution in [3.05, 3.63) is 0 Å². The fourth-order valence-electron chi connectivity index (χ4n) is 1.06. The summed E-state index contributed by atoms with van der Waals surface area (Å²) in [6.45, 7) is 0.754. The first-order valence-corrected chi connectivity index (χ1v) is 3.22. The summed E-state index contributed by atoms with van der Waals surface area (Å²) in [5, 5.41) is 11.1. The quantitative estimate of drug-likeness (QED) is 0.506. The van der Waals surface area contributed by atoms with Crippen LogP contribution in [0.1, 0.15) is 12.8 Å². The lowest BCUT2D eigenvalue weighted by atomic mass is 10.1. The van der Waals surface area contributed by atoms with Crippen molar-refractivity contribution in [2.45, 2.75) is 18.9 Å². The third-order valence-electron chi connectivity index (χ3n) is 1.59. The number of hydrogen-bond donors (Lipinski definition) is 2. The molecule has 1 saturated heterocycles. The number of hydrogen-bond acceptors (Lipinski definition) is 3. The Morgan fingerprint density at radius 1 is 1.50 bits per heavy atom. The van der Waals surface area contributed by atoms with Crippen LogP contribution >= 0.6 is 0 Å². The van der Waals surface area contributed by atoms with E-state index < -0.39 is 17.8 Å². The summed E-state index contributed by atoms with van der Waals surface area (Å²) in [6, 6.07) is -0.433. The lowest BCUT2D eigenvalue weighted by Crippen LogP contribution is -2.35. The lowest BCUT2D eigenvalue weighted by Gasteiger charge is -2.02. The number of nitrogens with one attached hydrogen (secondary N) is 1. The Labute approximate surface area is 58.2 Å². The summed E-state index contributed by atoms with van der Waals surface area (Å²) in [5.41, 5.74) is 0. The molecule has 1 rings (SSSR count). The van der Waals surface area contributed by atoms with Crippen LogP contribution in [0.2, 0.25) is 0 Å². The third kappa shape index (κ3) is 1.33. The second-order valence-electron chi connectivity index (χ2n) is 2.32. The van der Waals surface area contributed by atoms with Crippen LogP contribution in [0.25, 0.3) is 0 Å². The second-order valence-corrected chi connectivity index (χ2v) is 2.32. The van der Waals surface area contributed by atoms with Gasteiger partial charge in [0.15, 0.2) is 0 Å². The molecule has 0 aromatic carbocycles. The van der Waals surface area contributed by atoms with E-state index in [1.165, 1.54) is 0 Å². The Balaban J connectivity index is 2.48. The van der Waals surface area contributed by atoms with Gasteiger partial charge in [-0.15, -0.1) is 0 Å². The molecule has 0 aromatic rings. The van der Waals surface area contributed by atoms with Gasteiger partial charge >= 0.3 is 5.97 Å². The Bertz CT molecular complexity index is 160. The van der Waals surface area contributed by atoms with Gasteiger partial charge in [-0.1, -0.05) is 0 Å². The summed E-state index contributed by atoms with van der Waals surface area (Å²) in [4.78, 5) is 20.8. The van der Waals surface area contributed by atoms with Crippen molar-refractivity contribution < 1.29 is 14.7 Å². The van der Waals surface area contributed by atoms with E-state index in [1.54, 1.807) is 0 Å². The number of aliphatic carboxylic acids is 1. The fraction of sp³-hybridized carbons (Fsp3) is 0.667. The zero-order valence-electron chi connectivity index (χ0n) is 5.46. The van der Waals surface area contributed by atoms with E-state index in [0.29, 0.717) is 6.42 Å². The van der Waals surface area contributed by atoms with Gasteiger partial charge in [0.2, 0.25) is 0 Å². The number of carbonyl (C=O) groups excluding carboxylic acids is 1. The number of carboxylic acid groups (broad SMARTS) is 1. The van der Waals surface area contributed by atoms with Crippen molar-refractivity contribution in [1.29, 1.82) is 0 Å². The molecule has 1 aliphatic rings. The molecule has 56 valence electrons. The third-order valence-corrected chi connectivity index (χ3v) is 1.59. The maximum absolute atomic E-state index is 10.7. The molecule has 2 N–H and O–H groups in total. The van der Waals surface area contributed by atoms with Gasteiger partial charge in [0, 0.05) is 0 Å². The Hall–Kier alpha value is -0.900. The standard InChI is InChI=1S/C6H9NO3/c8-5(6(9)10)4-2-1-3-7-4/h4,7H,1-3H2,(H,9,10)/t4-/m0/s1. The number of carbonyl (C=O) groups is 2. The SMILES string of the molecule is O=C(O)C(=O)[C@@H]1CCCN1. The summed E-state index contributed by atoms with van der Waals surface area (Å²) >= 11 is 0. The molecule has 0 saturated carbocycles. The summed E-state index contributed by atoms with van der Waals surface area (Å²) in [6.07, 6.45) is 1.55. The van der Waals surface area contributed by atoms with Gasteiger partial charge < -0.3 is 10.4 Å². The molecule has 0 unspecified atom stereocenters. The van der Waals surface area contributed by atoms with Gasteiger partial charge in [-0.25, -0.2) is 4.79 Å². The van der Waals surface area contributed by atoms with Gasteiger partial charge in [0.05, 0.1) is 6.04 Å². The summed E-state index contributed by atoms with van der Waals surface area (Å²) < 4.78 is 0. The van der Waals surface area contributed by atoms with Crippen molar-refractivity contribution in [2.24, 2.45) is 0 Å². The van der Waals surface area contributed by atoms with Crippen molar-refractivity contribution >= 4 is 11.8 Å². The molecule has 1 aliphatic heterocycles. The normalized spacial score (nSPS) is 24.6. The Morgan fingerprint density at radius 2 is 2.20 bits per heavy atom. The average molecular weight is 143 g/mol. The molecule has 1 atom stereocenters. The molecule has 4 heteroatoms. The first-order chi connectivity index (χ1) is 4.72. The molecule has 0 aromatic heterocycles. The fourth-order valence-corrected chi connectivity index (χ4v) is 1.06. The molecule has 0 amide bonds. The zero-order valence-corrected chi connectivity index (χ0v) is 5.46. The maximum Gasteiger partial charge on any atom is 0.373 e. The minimum Gasteiger partial charge on any atom is -0.475 e. The molecule has 0 spiro atoms. The lowest BCUT2D eigenvalue weighted by molar-refractivity contribution is -0.149. The van der Waals surface area contributed by atoms with E-state index in [2.05, 4.69) is 5.32 Å². The molecule has 1 heterocycles. The van der Waals surface area contributed by atoms with E-state index in [0.717, 1.165) is 13.0 Å². The molecule has 1 fully saturated rings. The van der Waals surface area contributed by atoms with Crippen LogP contribution in [0.5, 0.6) is 0 Å². The van der Waals surface area contributed by atoms with Gasteiger partial charge in [0.1, 0.15) is 0 Å². The smallest absolute Gasteiger partial charge is 0.373 e. The van der Waals surface area contributed by atoms with Gasteiger partial charge in [0.25, 0.3) is 5.78 Å². The number of carboxylic acids is 1. The topological polar surface area (TPSA) is 66.4 Å². The van der Waals surface area contributed by atoms with E-state index in [1.807, 2.05) is 0 Å². The van der Waals surface area contributed by atoms with Gasteiger partial charge in [-0.05, 0) is 19.4 Å². The van der Waals surface area contributed by atoms with E-state index in [9.17, 15) is 9.59 Å². The van der Waals surface area contributed by atoms with Crippen LogP contribution < -0.4 is 5.32 Å². The summed E-state index contributed by atoms with van der Waals surface area (Å²) in [7, 11) is 0. The highest BCUT2D eigenvalue weighted by atomic mass is 16.4. The van der Waals surface area contributed by atoms with Crippen LogP contribution in [0, 0.1) is 0 Å². The minimum absolute atomic E-state index is 0.433. The first-order valence-electron chi connectivity index (χ1n) is 3.22. The zero-order chi connectivity index (χ0) is 7.56. The van der Waals surface area contributed by atoms with E-state index in [4.69, 9.17) is 5.11 Å². The van der Waals surface area contributed by atoms with Crippen LogP contribution in [-0.2, 0) is 9.59 Å². The second kappa shape index (κ2) is 2.79. The van der Waals surface area contributed by atoms with Crippen LogP contribution in [-0.4, -0.2) is 29.4 Å². The molecule has 0 radical (unpaired) electrons. The highest BCUT2D eigenvalue weighted by Crippen LogP contribution is 2.05. The van der Waals surface area contributed by atoms with Crippen LogP contribution in [0.15, 0.2) is 0 Å². The Kier molecular flexibility index (Phi) is 2.01. The van der Waals surface area contributed by atoms with Gasteiger partial charge in [-0.2, -0.15) is 0 Å². The monoisotopic (exact) mass is 143 g/mol. The van der Waals surface area contributed by atoms with Crippen molar-refractivity contribution in [3.63, 3.8) is 0 Å². The average Bonchev–Trinajstić information content (AvgIpc) is 2.36. The van der Waals surface area contributed by atoms with Gasteiger partial charge in [-0.3, -0.25) is 4.79 Å². The molecule has 4 nitrogen and oxygen atoms in total. The maximum atomic E-state index is 10.7. The van der Waals surface area contributed by atoms with Crippen molar-refractivity contribution in [2.75, 3.05) is 6.54 Å². The predicted octanol–water partition coefficient (Wildman–Crippen LogP) is -0.608. The number of ketones is 1. The molecule has 10 heavy (non-hydrogen) atoms. The molecular formula is C6H9NO3. The number of Topliss-reactive ketones (excluding diaryl/α,β-unsaturated/α-hetero) is 1. The van der Waals surface area contributed by atoms with Crippen molar-refractivity contribution in [1.82, 2.24) is 5.32 Å². The molecule has 0 bridgehead atoms. The summed E-state index contributed by atoms with van der Waals surface area (Å²) in [5.74, 6) is -2.04. The van der Waals surface area contributed by atoms with Crippen LogP contribution in [0.3, 0.4) is 0 Å². The molecule has 0 aliphatic carbocycles. The highest BCUT2D eigenvalue weighted by molar-refractivity contribution is 6.34. The first kappa shape index (κ1) is 7.21. The largest absolute Gasteiger partial charge is 0.475 e. The van der Waals surface area contributed by atoms with E-state index >= 15 is 0 Å². The molecular weight excluding hydrogens is 134 g/mol. The van der Waals surface area contributed by atoms with Crippen LogP contribution in [0.4, 0.5) is 0 Å². The number of rotatable bonds is 2. The minimum atomic E-state index is -1.33. The Morgan fingerprint density at radius 3 is 2.60 bits per heavy atom. The predicted molar refractivity (Wildman–Crippen MR) is 33.7 cm³/mol. The van der Waals surface area contributed by atoms with E-state index in [-0.39, 0.29) is 0 Å². The van der Waals surface area contributed by atoms with Crippen molar-refractivity contribution in [3.8, 4) is 0 Å². The highest BCUT2D eigenvalue weighted by Gasteiger charge is 2.26.